The highest BCUT2D eigenvalue weighted by atomic mass is 79.9. The van der Waals surface area contributed by atoms with Crippen LogP contribution < -0.4 is 5.32 Å². The van der Waals surface area contributed by atoms with Gasteiger partial charge in [-0.2, -0.15) is 0 Å². The van der Waals surface area contributed by atoms with Crippen LogP contribution in [0.4, 0.5) is 0 Å². The molecule has 16 heavy (non-hydrogen) atoms. The summed E-state index contributed by atoms with van der Waals surface area (Å²) in [5.41, 5.74) is 1.08. The molecule has 0 saturated carbocycles. The fourth-order valence-corrected chi connectivity index (χ4v) is 2.31. The number of benzene rings is 1. The van der Waals surface area contributed by atoms with Crippen molar-refractivity contribution in [1.82, 2.24) is 5.32 Å². The average Bonchev–Trinajstić information content (AvgIpc) is 2.16. The van der Waals surface area contributed by atoms with Crippen LogP contribution >= 0.6 is 27.5 Å². The van der Waals surface area contributed by atoms with E-state index in [2.05, 4.69) is 28.2 Å². The van der Waals surface area contributed by atoms with Crippen molar-refractivity contribution in [2.75, 3.05) is 6.54 Å². The number of aliphatic hydroxyl groups excluding tert-OH is 1. The molecule has 0 spiro atoms. The standard InChI is InChI=1S/C12H17BrClNO/c1-8(16)5-6-15-9(2)11-4-3-10(13)7-12(11)14/h3-4,7-9,15-16H,5-6H2,1-2H3. The van der Waals surface area contributed by atoms with E-state index in [9.17, 15) is 0 Å². The van der Waals surface area contributed by atoms with Gasteiger partial charge in [0.15, 0.2) is 0 Å². The first-order chi connectivity index (χ1) is 7.50. The topological polar surface area (TPSA) is 32.3 Å². The van der Waals surface area contributed by atoms with Crippen molar-refractivity contribution in [3.63, 3.8) is 0 Å². The van der Waals surface area contributed by atoms with Gasteiger partial charge in [-0.05, 0) is 44.5 Å². The minimum Gasteiger partial charge on any atom is -0.393 e. The van der Waals surface area contributed by atoms with Gasteiger partial charge in [0.25, 0.3) is 0 Å². The fraction of sp³-hybridized carbons (Fsp3) is 0.500. The van der Waals surface area contributed by atoms with Crippen LogP contribution in [0.15, 0.2) is 22.7 Å². The Hall–Kier alpha value is -0.0900. The van der Waals surface area contributed by atoms with Crippen molar-refractivity contribution in [2.24, 2.45) is 0 Å². The molecule has 2 N–H and O–H groups in total. The molecule has 1 aromatic carbocycles. The third-order valence-electron chi connectivity index (χ3n) is 2.44. The zero-order valence-corrected chi connectivity index (χ0v) is 11.8. The third kappa shape index (κ3) is 4.42. The molecular weight excluding hydrogens is 289 g/mol. The maximum Gasteiger partial charge on any atom is 0.0524 e. The maximum atomic E-state index is 9.15. The number of halogens is 2. The molecule has 0 aliphatic carbocycles. The van der Waals surface area contributed by atoms with Gasteiger partial charge in [0, 0.05) is 15.5 Å². The summed E-state index contributed by atoms with van der Waals surface area (Å²) in [6.45, 7) is 4.64. The highest BCUT2D eigenvalue weighted by molar-refractivity contribution is 9.10. The van der Waals surface area contributed by atoms with Gasteiger partial charge in [0.2, 0.25) is 0 Å². The van der Waals surface area contributed by atoms with Crippen molar-refractivity contribution in [1.29, 1.82) is 0 Å². The van der Waals surface area contributed by atoms with E-state index >= 15 is 0 Å². The number of hydrogen-bond acceptors (Lipinski definition) is 2. The van der Waals surface area contributed by atoms with E-state index in [0.717, 1.165) is 28.0 Å². The van der Waals surface area contributed by atoms with Crippen molar-refractivity contribution in [3.05, 3.63) is 33.3 Å². The molecule has 4 heteroatoms. The van der Waals surface area contributed by atoms with Gasteiger partial charge in [0.05, 0.1) is 6.10 Å². The Bertz CT molecular complexity index is 344. The van der Waals surface area contributed by atoms with E-state index in [0.29, 0.717) is 0 Å². The number of hydrogen-bond donors (Lipinski definition) is 2. The monoisotopic (exact) mass is 305 g/mol. The molecule has 2 nitrogen and oxygen atoms in total. The van der Waals surface area contributed by atoms with E-state index in [1.807, 2.05) is 18.2 Å². The first-order valence-electron chi connectivity index (χ1n) is 5.37. The second kappa shape index (κ2) is 6.60. The summed E-state index contributed by atoms with van der Waals surface area (Å²) in [7, 11) is 0. The van der Waals surface area contributed by atoms with Gasteiger partial charge in [-0.15, -0.1) is 0 Å². The molecule has 1 aromatic rings. The van der Waals surface area contributed by atoms with E-state index in [4.69, 9.17) is 16.7 Å². The second-order valence-corrected chi connectivity index (χ2v) is 5.30. The molecule has 0 amide bonds. The van der Waals surface area contributed by atoms with Crippen LogP contribution in [0.3, 0.4) is 0 Å². The Morgan fingerprint density at radius 1 is 1.44 bits per heavy atom. The molecular formula is C12H17BrClNO. The number of rotatable bonds is 5. The van der Waals surface area contributed by atoms with Gasteiger partial charge < -0.3 is 10.4 Å². The summed E-state index contributed by atoms with van der Waals surface area (Å²) < 4.78 is 0.984. The van der Waals surface area contributed by atoms with Crippen LogP contribution in [0.25, 0.3) is 0 Å². The van der Waals surface area contributed by atoms with Crippen LogP contribution in [-0.2, 0) is 0 Å². The summed E-state index contributed by atoms with van der Waals surface area (Å²) in [4.78, 5) is 0. The van der Waals surface area contributed by atoms with Crippen LogP contribution in [0.2, 0.25) is 5.02 Å². The fourth-order valence-electron chi connectivity index (χ4n) is 1.47. The smallest absolute Gasteiger partial charge is 0.0524 e. The maximum absolute atomic E-state index is 9.15. The molecule has 0 saturated heterocycles. The first-order valence-corrected chi connectivity index (χ1v) is 6.54. The van der Waals surface area contributed by atoms with Crippen LogP contribution in [-0.4, -0.2) is 17.8 Å². The van der Waals surface area contributed by atoms with E-state index in [-0.39, 0.29) is 12.1 Å². The number of nitrogens with one attached hydrogen (secondary N) is 1. The van der Waals surface area contributed by atoms with Gasteiger partial charge >= 0.3 is 0 Å². The van der Waals surface area contributed by atoms with Crippen molar-refractivity contribution in [2.45, 2.75) is 32.4 Å². The Kier molecular flexibility index (Phi) is 5.76. The predicted octanol–water partition coefficient (Wildman–Crippen LogP) is 3.52. The largest absolute Gasteiger partial charge is 0.393 e. The highest BCUT2D eigenvalue weighted by Crippen LogP contribution is 2.26. The Morgan fingerprint density at radius 3 is 2.69 bits per heavy atom. The van der Waals surface area contributed by atoms with Crippen LogP contribution in [0, 0.1) is 0 Å². The Morgan fingerprint density at radius 2 is 2.12 bits per heavy atom. The molecule has 90 valence electrons. The van der Waals surface area contributed by atoms with Crippen molar-refractivity contribution >= 4 is 27.5 Å². The predicted molar refractivity (Wildman–Crippen MR) is 71.9 cm³/mol. The lowest BCUT2D eigenvalue weighted by Crippen LogP contribution is -2.22. The molecule has 0 heterocycles. The van der Waals surface area contributed by atoms with Gasteiger partial charge in [-0.25, -0.2) is 0 Å². The summed E-state index contributed by atoms with van der Waals surface area (Å²) in [5.74, 6) is 0. The molecule has 0 bridgehead atoms. The van der Waals surface area contributed by atoms with Gasteiger partial charge in [-0.1, -0.05) is 33.6 Å². The summed E-state index contributed by atoms with van der Waals surface area (Å²) in [5, 5.41) is 13.2. The van der Waals surface area contributed by atoms with Crippen LogP contribution in [0.1, 0.15) is 31.9 Å². The van der Waals surface area contributed by atoms with E-state index in [1.165, 1.54) is 0 Å². The van der Waals surface area contributed by atoms with Crippen molar-refractivity contribution < 1.29 is 5.11 Å². The molecule has 0 radical (unpaired) electrons. The zero-order chi connectivity index (χ0) is 12.1. The molecule has 0 aliphatic heterocycles. The molecule has 2 unspecified atom stereocenters. The molecule has 0 aromatic heterocycles. The zero-order valence-electron chi connectivity index (χ0n) is 9.50. The molecule has 1 rings (SSSR count). The minimum absolute atomic E-state index is 0.194. The molecule has 0 aliphatic rings. The van der Waals surface area contributed by atoms with E-state index in [1.54, 1.807) is 6.92 Å². The van der Waals surface area contributed by atoms with Gasteiger partial charge in [0.1, 0.15) is 0 Å². The van der Waals surface area contributed by atoms with Crippen molar-refractivity contribution in [3.8, 4) is 0 Å². The number of aliphatic hydroxyl groups is 1. The normalized spacial score (nSPS) is 14.8. The Labute approximate surface area is 110 Å². The third-order valence-corrected chi connectivity index (χ3v) is 3.26. The summed E-state index contributed by atoms with van der Waals surface area (Å²) in [6.07, 6.45) is 0.485. The minimum atomic E-state index is -0.264. The van der Waals surface area contributed by atoms with E-state index < -0.39 is 0 Å². The summed E-state index contributed by atoms with van der Waals surface area (Å²) in [6, 6.07) is 6.07. The highest BCUT2D eigenvalue weighted by Gasteiger charge is 2.09. The lowest BCUT2D eigenvalue weighted by Gasteiger charge is -2.16. The Balaban J connectivity index is 2.55. The molecule has 2 atom stereocenters. The SMILES string of the molecule is CC(O)CCNC(C)c1ccc(Br)cc1Cl. The lowest BCUT2D eigenvalue weighted by atomic mass is 10.1. The second-order valence-electron chi connectivity index (χ2n) is 3.98. The van der Waals surface area contributed by atoms with Crippen LogP contribution in [0.5, 0.6) is 0 Å². The average molecular weight is 307 g/mol. The van der Waals surface area contributed by atoms with Gasteiger partial charge in [-0.3, -0.25) is 0 Å². The first kappa shape index (κ1) is 14.0. The molecule has 0 fully saturated rings. The summed E-state index contributed by atoms with van der Waals surface area (Å²) >= 11 is 9.53. The quantitative estimate of drug-likeness (QED) is 0.872. The lowest BCUT2D eigenvalue weighted by molar-refractivity contribution is 0.182.